The van der Waals surface area contributed by atoms with Crippen molar-refractivity contribution in [2.75, 3.05) is 0 Å². The Hall–Kier alpha value is 0.170. The van der Waals surface area contributed by atoms with Gasteiger partial charge in [-0.05, 0) is 19.3 Å². The first-order valence-electron chi connectivity index (χ1n) is 3.29. The van der Waals surface area contributed by atoms with E-state index in [2.05, 4.69) is 43.9 Å². The van der Waals surface area contributed by atoms with Crippen molar-refractivity contribution in [1.82, 2.24) is 0 Å². The van der Waals surface area contributed by atoms with E-state index in [1.165, 1.54) is 10.9 Å². The number of hydrogen-bond donors (Lipinski definition) is 0. The van der Waals surface area contributed by atoms with E-state index in [1.807, 2.05) is 0 Å². The summed E-state index contributed by atoms with van der Waals surface area (Å²) in [5, 5.41) is 1.36. The van der Waals surface area contributed by atoms with Gasteiger partial charge < -0.3 is 0 Å². The molecule has 0 radical (unpaired) electrons. The normalized spacial score (nSPS) is 15.3. The highest BCUT2D eigenvalue weighted by molar-refractivity contribution is 7.22. The second kappa shape index (κ2) is 2.84. The van der Waals surface area contributed by atoms with E-state index < -0.39 is 0 Å². The lowest BCUT2D eigenvalue weighted by atomic mass is 9.87. The average molecular weight is 144 g/mol. The molecule has 1 atom stereocenters. The molecule has 0 aromatic rings. The van der Waals surface area contributed by atoms with Crippen LogP contribution < -0.4 is 0 Å². The van der Waals surface area contributed by atoms with E-state index in [-0.39, 0.29) is 0 Å². The van der Waals surface area contributed by atoms with Crippen LogP contribution in [0.4, 0.5) is 0 Å². The lowest BCUT2D eigenvalue weighted by molar-refractivity contribution is 0.502. The van der Waals surface area contributed by atoms with Gasteiger partial charge in [0.05, 0.1) is 0 Å². The van der Waals surface area contributed by atoms with Gasteiger partial charge in [0.1, 0.15) is 0 Å². The second-order valence-electron chi connectivity index (χ2n) is 3.56. The molecule has 0 bridgehead atoms. The van der Waals surface area contributed by atoms with Crippen molar-refractivity contribution in [2.24, 2.45) is 5.41 Å². The van der Waals surface area contributed by atoms with E-state index >= 15 is 0 Å². The van der Waals surface area contributed by atoms with Crippen molar-refractivity contribution in [3.05, 3.63) is 10.9 Å². The van der Waals surface area contributed by atoms with Crippen LogP contribution in [0.2, 0.25) is 0 Å². The summed E-state index contributed by atoms with van der Waals surface area (Å²) < 4.78 is 0. The van der Waals surface area contributed by atoms with Crippen molar-refractivity contribution in [3.8, 4) is 0 Å². The van der Waals surface area contributed by atoms with Gasteiger partial charge in [-0.2, -0.15) is 0 Å². The zero-order chi connectivity index (χ0) is 7.65. The SMILES string of the molecule is C/C(P)=C(\C)C(C)(C)C. The molecule has 0 saturated carbocycles. The van der Waals surface area contributed by atoms with Crippen molar-refractivity contribution in [3.63, 3.8) is 0 Å². The van der Waals surface area contributed by atoms with E-state index in [0.717, 1.165) is 0 Å². The molecule has 0 nitrogen and oxygen atoms in total. The van der Waals surface area contributed by atoms with Crippen molar-refractivity contribution < 1.29 is 0 Å². The standard InChI is InChI=1S/C8H17P/c1-6(7(2)9)8(3,4)5/h9H2,1-5H3/b7-6-. The van der Waals surface area contributed by atoms with Gasteiger partial charge in [-0.3, -0.25) is 0 Å². The van der Waals surface area contributed by atoms with Crippen LogP contribution in [-0.2, 0) is 0 Å². The lowest BCUT2D eigenvalue weighted by Gasteiger charge is -2.20. The molecule has 0 rings (SSSR count). The lowest BCUT2D eigenvalue weighted by Crippen LogP contribution is -2.06. The molecule has 1 unspecified atom stereocenters. The van der Waals surface area contributed by atoms with Crippen LogP contribution in [0.15, 0.2) is 10.9 Å². The molecule has 54 valence electrons. The Morgan fingerprint density at radius 3 is 1.44 bits per heavy atom. The first-order chi connectivity index (χ1) is 3.85. The third-order valence-electron chi connectivity index (χ3n) is 1.72. The minimum atomic E-state index is 0.339. The van der Waals surface area contributed by atoms with Crippen LogP contribution in [0.1, 0.15) is 34.6 Å². The van der Waals surface area contributed by atoms with Gasteiger partial charge >= 0.3 is 0 Å². The first-order valence-corrected chi connectivity index (χ1v) is 3.87. The molecule has 0 heterocycles. The van der Waals surface area contributed by atoms with Gasteiger partial charge in [0.15, 0.2) is 0 Å². The Labute approximate surface area is 60.9 Å². The molecule has 0 N–H and O–H groups in total. The highest BCUT2D eigenvalue weighted by Gasteiger charge is 2.12. The Kier molecular flexibility index (Phi) is 2.89. The predicted octanol–water partition coefficient (Wildman–Crippen LogP) is 3.20. The second-order valence-corrected chi connectivity index (χ2v) is 4.42. The molecule has 0 aliphatic heterocycles. The quantitative estimate of drug-likeness (QED) is 0.458. The van der Waals surface area contributed by atoms with Gasteiger partial charge in [0.25, 0.3) is 0 Å². The van der Waals surface area contributed by atoms with E-state index in [4.69, 9.17) is 0 Å². The van der Waals surface area contributed by atoms with Crippen molar-refractivity contribution in [1.29, 1.82) is 0 Å². The van der Waals surface area contributed by atoms with E-state index in [1.54, 1.807) is 0 Å². The maximum absolute atomic E-state index is 2.74. The highest BCUT2D eigenvalue weighted by atomic mass is 31.0. The number of hydrogen-bond acceptors (Lipinski definition) is 0. The number of allylic oxidation sites excluding steroid dienone is 2. The monoisotopic (exact) mass is 144 g/mol. The predicted molar refractivity (Wildman–Crippen MR) is 47.5 cm³/mol. The van der Waals surface area contributed by atoms with Crippen molar-refractivity contribution in [2.45, 2.75) is 34.6 Å². The van der Waals surface area contributed by atoms with Crippen molar-refractivity contribution >= 4 is 9.24 Å². The zero-order valence-corrected chi connectivity index (χ0v) is 8.23. The topological polar surface area (TPSA) is 0 Å². The molecule has 0 amide bonds. The minimum absolute atomic E-state index is 0.339. The van der Waals surface area contributed by atoms with Gasteiger partial charge in [0.2, 0.25) is 0 Å². The van der Waals surface area contributed by atoms with Crippen LogP contribution in [0.3, 0.4) is 0 Å². The largest absolute Gasteiger partial charge is 0.110 e. The molecule has 9 heavy (non-hydrogen) atoms. The summed E-state index contributed by atoms with van der Waals surface area (Å²) in [6, 6.07) is 0. The molecule has 0 fully saturated rings. The van der Waals surface area contributed by atoms with Gasteiger partial charge in [-0.25, -0.2) is 0 Å². The summed E-state index contributed by atoms with van der Waals surface area (Å²) in [5.41, 5.74) is 1.80. The third kappa shape index (κ3) is 3.01. The van der Waals surface area contributed by atoms with Gasteiger partial charge in [0, 0.05) is 0 Å². The summed E-state index contributed by atoms with van der Waals surface area (Å²) in [6.07, 6.45) is 0. The maximum Gasteiger partial charge on any atom is -0.0170 e. The number of rotatable bonds is 0. The highest BCUT2D eigenvalue weighted by Crippen LogP contribution is 2.29. The first kappa shape index (κ1) is 9.17. The molecule has 1 heteroatoms. The minimum Gasteiger partial charge on any atom is -0.110 e. The molecule has 0 aromatic heterocycles. The van der Waals surface area contributed by atoms with Crippen LogP contribution in [-0.4, -0.2) is 0 Å². The molecule has 0 spiro atoms. The summed E-state index contributed by atoms with van der Waals surface area (Å²) in [6.45, 7) is 11.0. The Morgan fingerprint density at radius 2 is 1.44 bits per heavy atom. The Morgan fingerprint density at radius 1 is 1.11 bits per heavy atom. The molecule has 0 saturated heterocycles. The summed E-state index contributed by atoms with van der Waals surface area (Å²) in [4.78, 5) is 0. The van der Waals surface area contributed by atoms with Gasteiger partial charge in [-0.1, -0.05) is 31.7 Å². The Balaban J connectivity index is 4.40. The zero-order valence-electron chi connectivity index (χ0n) is 7.08. The fraction of sp³-hybridized carbons (Fsp3) is 0.750. The smallest absolute Gasteiger partial charge is 0.0170 e. The van der Waals surface area contributed by atoms with Gasteiger partial charge in [-0.15, -0.1) is 9.24 Å². The van der Waals surface area contributed by atoms with E-state index in [0.29, 0.717) is 5.41 Å². The summed E-state index contributed by atoms with van der Waals surface area (Å²) >= 11 is 0. The maximum atomic E-state index is 2.74. The Bertz CT molecular complexity index is 122. The molecular formula is C8H17P. The van der Waals surface area contributed by atoms with E-state index in [9.17, 15) is 0 Å². The molecule has 0 aliphatic rings. The van der Waals surface area contributed by atoms with Crippen LogP contribution in [0, 0.1) is 5.41 Å². The molecule has 0 aromatic carbocycles. The van der Waals surface area contributed by atoms with Crippen LogP contribution >= 0.6 is 9.24 Å². The molecule has 0 aliphatic carbocycles. The summed E-state index contributed by atoms with van der Waals surface area (Å²) in [7, 11) is 2.74. The fourth-order valence-corrected chi connectivity index (χ4v) is 1.02. The average Bonchev–Trinajstić information content (AvgIpc) is 1.62. The summed E-state index contributed by atoms with van der Waals surface area (Å²) in [5.74, 6) is 0. The third-order valence-corrected chi connectivity index (χ3v) is 2.15. The molecular weight excluding hydrogens is 127 g/mol. The fourth-order valence-electron chi connectivity index (χ4n) is 0.592. The van der Waals surface area contributed by atoms with Crippen LogP contribution in [0.5, 0.6) is 0 Å². The van der Waals surface area contributed by atoms with Crippen LogP contribution in [0.25, 0.3) is 0 Å².